The van der Waals surface area contributed by atoms with E-state index in [2.05, 4.69) is 20.7 Å². The summed E-state index contributed by atoms with van der Waals surface area (Å²) in [6.45, 7) is 3.19. The number of carbonyl (C=O) groups excluding carboxylic acids is 1. The van der Waals surface area contributed by atoms with E-state index in [-0.39, 0.29) is 15.8 Å². The molecule has 3 N–H and O–H groups in total. The molecule has 0 aromatic heterocycles. The summed E-state index contributed by atoms with van der Waals surface area (Å²) in [4.78, 5) is 11.6. The maximum Gasteiger partial charge on any atom is 0.313 e. The molecule has 0 saturated carbocycles. The molecule has 0 aliphatic carbocycles. The Labute approximate surface area is 113 Å². The Hall–Kier alpha value is -1.14. The summed E-state index contributed by atoms with van der Waals surface area (Å²) in [5.41, 5.74) is 5.20. The highest BCUT2D eigenvalue weighted by molar-refractivity contribution is 9.10. The largest absolute Gasteiger partial charge is 0.506 e. The van der Waals surface area contributed by atoms with Crippen LogP contribution in [0.2, 0.25) is 0 Å². The number of esters is 1. The maximum atomic E-state index is 13.2. The quantitative estimate of drug-likeness (QED) is 0.839. The monoisotopic (exact) mass is 319 g/mol. The van der Waals surface area contributed by atoms with Crippen molar-refractivity contribution in [1.82, 2.24) is 0 Å². The molecule has 0 radical (unpaired) electrons. The predicted octanol–water partition coefficient (Wildman–Crippen LogP) is 2.49. The molecule has 1 rings (SSSR count). The van der Waals surface area contributed by atoms with Crippen LogP contribution in [-0.2, 0) is 9.53 Å². The van der Waals surface area contributed by atoms with Gasteiger partial charge in [-0.1, -0.05) is 6.07 Å². The average Bonchev–Trinajstić information content (AvgIpc) is 2.34. The summed E-state index contributed by atoms with van der Waals surface area (Å²) in [5, 5.41) is 9.85. The van der Waals surface area contributed by atoms with Crippen molar-refractivity contribution in [3.8, 4) is 5.75 Å². The second-order valence-corrected chi connectivity index (χ2v) is 5.28. The third-order valence-electron chi connectivity index (χ3n) is 2.92. The number of methoxy groups -OCH3 is 1. The van der Waals surface area contributed by atoms with E-state index in [4.69, 9.17) is 5.73 Å². The molecule has 0 amide bonds. The number of halogens is 2. The van der Waals surface area contributed by atoms with E-state index in [0.717, 1.165) is 0 Å². The van der Waals surface area contributed by atoms with Gasteiger partial charge in [0.05, 0.1) is 17.0 Å². The highest BCUT2D eigenvalue weighted by Crippen LogP contribution is 2.40. The highest BCUT2D eigenvalue weighted by atomic mass is 79.9. The SMILES string of the molecule is COC(=O)C(C)(C)[C@H](N)c1ccc(F)c(Br)c1O. The Morgan fingerprint density at radius 3 is 2.61 bits per heavy atom. The number of aromatic hydroxyl groups is 1. The maximum absolute atomic E-state index is 13.2. The first-order valence-corrected chi connectivity index (χ1v) is 6.03. The Kier molecular flexibility index (Phi) is 4.34. The topological polar surface area (TPSA) is 72.5 Å². The van der Waals surface area contributed by atoms with E-state index in [9.17, 15) is 14.3 Å². The zero-order valence-electron chi connectivity index (χ0n) is 10.3. The van der Waals surface area contributed by atoms with Gasteiger partial charge in [-0.15, -0.1) is 0 Å². The van der Waals surface area contributed by atoms with Crippen LogP contribution in [0.15, 0.2) is 16.6 Å². The van der Waals surface area contributed by atoms with Gasteiger partial charge in [-0.25, -0.2) is 4.39 Å². The third kappa shape index (κ3) is 2.49. The van der Waals surface area contributed by atoms with Crippen molar-refractivity contribution in [3.63, 3.8) is 0 Å². The minimum Gasteiger partial charge on any atom is -0.506 e. The first-order chi connectivity index (χ1) is 8.23. The molecule has 0 saturated heterocycles. The zero-order chi connectivity index (χ0) is 14.1. The number of rotatable bonds is 3. The van der Waals surface area contributed by atoms with Gasteiger partial charge in [-0.2, -0.15) is 0 Å². The van der Waals surface area contributed by atoms with Crippen LogP contribution in [0.5, 0.6) is 5.75 Å². The first kappa shape index (κ1) is 14.9. The van der Waals surface area contributed by atoms with Crippen LogP contribution in [0.4, 0.5) is 4.39 Å². The summed E-state index contributed by atoms with van der Waals surface area (Å²) in [5.74, 6) is -1.41. The van der Waals surface area contributed by atoms with Gasteiger partial charge in [0, 0.05) is 11.6 Å². The van der Waals surface area contributed by atoms with Gasteiger partial charge in [-0.3, -0.25) is 4.79 Å². The number of phenolic OH excluding ortho intramolecular Hbond substituents is 1. The molecule has 0 bridgehead atoms. The number of carbonyl (C=O) groups is 1. The summed E-state index contributed by atoms with van der Waals surface area (Å²) in [6.07, 6.45) is 0. The van der Waals surface area contributed by atoms with Gasteiger partial charge in [0.15, 0.2) is 0 Å². The van der Waals surface area contributed by atoms with Gasteiger partial charge in [0.1, 0.15) is 11.6 Å². The Morgan fingerprint density at radius 1 is 1.56 bits per heavy atom. The lowest BCUT2D eigenvalue weighted by molar-refractivity contribution is -0.152. The van der Waals surface area contributed by atoms with Crippen LogP contribution >= 0.6 is 15.9 Å². The fourth-order valence-corrected chi connectivity index (χ4v) is 1.95. The smallest absolute Gasteiger partial charge is 0.313 e. The van der Waals surface area contributed by atoms with Crippen LogP contribution in [0, 0.1) is 11.2 Å². The van der Waals surface area contributed by atoms with E-state index in [1.165, 1.54) is 19.2 Å². The van der Waals surface area contributed by atoms with Gasteiger partial charge in [0.25, 0.3) is 0 Å². The second kappa shape index (κ2) is 5.24. The van der Waals surface area contributed by atoms with Crippen molar-refractivity contribution in [3.05, 3.63) is 28.0 Å². The zero-order valence-corrected chi connectivity index (χ0v) is 11.9. The second-order valence-electron chi connectivity index (χ2n) is 4.49. The summed E-state index contributed by atoms with van der Waals surface area (Å²) < 4.78 is 17.8. The Bertz CT molecular complexity index is 477. The normalized spacial score (nSPS) is 13.2. The van der Waals surface area contributed by atoms with Crippen LogP contribution in [0.3, 0.4) is 0 Å². The number of hydrogen-bond acceptors (Lipinski definition) is 4. The van der Waals surface area contributed by atoms with E-state index in [1.54, 1.807) is 13.8 Å². The van der Waals surface area contributed by atoms with Crippen LogP contribution in [-0.4, -0.2) is 18.2 Å². The van der Waals surface area contributed by atoms with Crippen LogP contribution in [0.25, 0.3) is 0 Å². The summed E-state index contributed by atoms with van der Waals surface area (Å²) in [7, 11) is 1.26. The van der Waals surface area contributed by atoms with Crippen molar-refractivity contribution in [2.24, 2.45) is 11.1 Å². The molecule has 1 aromatic carbocycles. The minimum atomic E-state index is -1.04. The van der Waals surface area contributed by atoms with Crippen molar-refractivity contribution in [1.29, 1.82) is 0 Å². The Morgan fingerprint density at radius 2 is 2.11 bits per heavy atom. The first-order valence-electron chi connectivity index (χ1n) is 5.24. The van der Waals surface area contributed by atoms with E-state index >= 15 is 0 Å². The van der Waals surface area contributed by atoms with Crippen molar-refractivity contribution >= 4 is 21.9 Å². The highest BCUT2D eigenvalue weighted by Gasteiger charge is 2.38. The number of ether oxygens (including phenoxy) is 1. The number of phenols is 1. The molecule has 4 nitrogen and oxygen atoms in total. The number of benzene rings is 1. The molecule has 0 heterocycles. The predicted molar refractivity (Wildman–Crippen MR) is 68.5 cm³/mol. The summed E-state index contributed by atoms with van der Waals surface area (Å²) >= 11 is 2.92. The number of nitrogens with two attached hydrogens (primary N) is 1. The van der Waals surface area contributed by atoms with Crippen molar-refractivity contribution in [2.75, 3.05) is 7.11 Å². The van der Waals surface area contributed by atoms with Gasteiger partial charge < -0.3 is 15.6 Å². The van der Waals surface area contributed by atoms with Crippen molar-refractivity contribution in [2.45, 2.75) is 19.9 Å². The minimum absolute atomic E-state index is 0.0730. The molecule has 6 heteroatoms. The van der Waals surface area contributed by atoms with E-state index in [0.29, 0.717) is 0 Å². The summed E-state index contributed by atoms with van der Waals surface area (Å²) in [6, 6.07) is 1.71. The van der Waals surface area contributed by atoms with Gasteiger partial charge >= 0.3 is 5.97 Å². The molecular weight excluding hydrogens is 305 g/mol. The van der Waals surface area contributed by atoms with E-state index in [1.807, 2.05) is 0 Å². The van der Waals surface area contributed by atoms with Crippen LogP contribution < -0.4 is 5.73 Å². The molecular formula is C12H15BrFNO3. The molecule has 0 spiro atoms. The molecule has 0 fully saturated rings. The molecule has 0 aliphatic rings. The fraction of sp³-hybridized carbons (Fsp3) is 0.417. The van der Waals surface area contributed by atoms with Crippen molar-refractivity contribution < 1.29 is 19.0 Å². The molecule has 100 valence electrons. The molecule has 1 atom stereocenters. The fourth-order valence-electron chi connectivity index (χ4n) is 1.58. The van der Waals surface area contributed by atoms with Gasteiger partial charge in [-0.05, 0) is 35.8 Å². The molecule has 0 aliphatic heterocycles. The standard InChI is InChI=1S/C12H15BrFNO3/c1-12(2,11(17)18-3)10(15)6-4-5-7(14)8(13)9(6)16/h4-5,10,16H,15H2,1-3H3/t10-/m1/s1. The lowest BCUT2D eigenvalue weighted by Crippen LogP contribution is -2.37. The lowest BCUT2D eigenvalue weighted by Gasteiger charge is -2.29. The molecule has 0 unspecified atom stereocenters. The Balaban J connectivity index is 3.23. The van der Waals surface area contributed by atoms with Crippen LogP contribution in [0.1, 0.15) is 25.5 Å². The number of hydrogen-bond donors (Lipinski definition) is 2. The average molecular weight is 320 g/mol. The van der Waals surface area contributed by atoms with Gasteiger partial charge in [0.2, 0.25) is 0 Å². The lowest BCUT2D eigenvalue weighted by atomic mass is 9.80. The third-order valence-corrected chi connectivity index (χ3v) is 3.68. The molecule has 18 heavy (non-hydrogen) atoms. The molecule has 1 aromatic rings. The van der Waals surface area contributed by atoms with E-state index < -0.39 is 23.2 Å².